The van der Waals surface area contributed by atoms with Crippen molar-refractivity contribution in [1.82, 2.24) is 4.31 Å². The van der Waals surface area contributed by atoms with Crippen molar-refractivity contribution in [3.8, 4) is 5.75 Å². The Balaban J connectivity index is 1.75. The highest BCUT2D eigenvalue weighted by Crippen LogP contribution is 2.37. The monoisotopic (exact) mass is 310 g/mol. The second-order valence-corrected chi connectivity index (χ2v) is 7.82. The van der Waals surface area contributed by atoms with E-state index < -0.39 is 10.0 Å². The molecule has 1 aromatic rings. The minimum absolute atomic E-state index is 0.0551. The van der Waals surface area contributed by atoms with E-state index in [2.05, 4.69) is 4.90 Å². The number of fused-ring (bicyclic) bond motifs is 3. The lowest BCUT2D eigenvalue weighted by Gasteiger charge is -2.21. The van der Waals surface area contributed by atoms with Gasteiger partial charge >= 0.3 is 0 Å². The summed E-state index contributed by atoms with van der Waals surface area (Å²) in [6, 6.07) is 5.23. The van der Waals surface area contributed by atoms with Crippen molar-refractivity contribution < 1.29 is 18.3 Å². The molecular weight excluding hydrogens is 292 g/mol. The summed E-state index contributed by atoms with van der Waals surface area (Å²) in [4.78, 5) is 2.32. The third kappa shape index (κ3) is 2.11. The van der Waals surface area contributed by atoms with E-state index in [0.717, 1.165) is 25.1 Å². The van der Waals surface area contributed by atoms with Crippen LogP contribution in [0.25, 0.3) is 0 Å². The second kappa shape index (κ2) is 4.59. The number of nitrogens with zero attached hydrogens (tertiary/aromatic N) is 2. The average Bonchev–Trinajstić information content (AvgIpc) is 3.05. The molecule has 3 atom stereocenters. The van der Waals surface area contributed by atoms with Crippen LogP contribution < -0.4 is 9.64 Å². The van der Waals surface area contributed by atoms with Crippen LogP contribution in [0, 0.1) is 0 Å². The molecule has 2 saturated heterocycles. The Morgan fingerprint density at radius 2 is 2.05 bits per heavy atom. The molecule has 1 N–H and O–H groups in total. The molecule has 6 nitrogen and oxygen atoms in total. The molecule has 0 aromatic heterocycles. The van der Waals surface area contributed by atoms with Gasteiger partial charge in [-0.05, 0) is 25.0 Å². The van der Waals surface area contributed by atoms with Crippen molar-refractivity contribution in [2.75, 3.05) is 31.1 Å². The van der Waals surface area contributed by atoms with Gasteiger partial charge in [0.2, 0.25) is 10.0 Å². The third-order valence-electron chi connectivity index (χ3n) is 4.48. The molecule has 0 amide bonds. The first-order valence-corrected chi connectivity index (χ1v) is 8.72. The predicted molar refractivity (Wildman–Crippen MR) is 77.1 cm³/mol. The maximum absolute atomic E-state index is 12.6. The van der Waals surface area contributed by atoms with E-state index in [9.17, 15) is 13.5 Å². The number of rotatable bonds is 1. The summed E-state index contributed by atoms with van der Waals surface area (Å²) >= 11 is 0. The molecule has 1 aromatic carbocycles. The highest BCUT2D eigenvalue weighted by molar-refractivity contribution is 7.89. The molecule has 2 bridgehead atoms. The number of hydrogen-bond donors (Lipinski definition) is 1. The van der Waals surface area contributed by atoms with Gasteiger partial charge in [0, 0.05) is 31.4 Å². The molecule has 7 heteroatoms. The van der Waals surface area contributed by atoms with Crippen LogP contribution >= 0.6 is 0 Å². The fourth-order valence-electron chi connectivity index (χ4n) is 3.31. The molecule has 0 aliphatic carbocycles. The zero-order valence-electron chi connectivity index (χ0n) is 11.6. The summed E-state index contributed by atoms with van der Waals surface area (Å²) in [5.74, 6) is 0.445. The van der Waals surface area contributed by atoms with E-state index in [1.165, 1.54) is 4.31 Å². The number of anilines is 1. The fourth-order valence-corrected chi connectivity index (χ4v) is 4.89. The first kappa shape index (κ1) is 13.4. The van der Waals surface area contributed by atoms with Crippen molar-refractivity contribution in [2.24, 2.45) is 0 Å². The van der Waals surface area contributed by atoms with Crippen molar-refractivity contribution in [3.05, 3.63) is 18.2 Å². The minimum Gasteiger partial charge on any atom is -0.487 e. The van der Waals surface area contributed by atoms with Gasteiger partial charge in [0.15, 0.2) is 0 Å². The Bertz CT molecular complexity index is 676. The molecule has 1 unspecified atom stereocenters. The van der Waals surface area contributed by atoms with Crippen molar-refractivity contribution in [3.63, 3.8) is 0 Å². The van der Waals surface area contributed by atoms with E-state index >= 15 is 0 Å². The number of aliphatic hydroxyl groups is 1. The van der Waals surface area contributed by atoms with Crippen LogP contribution in [0.4, 0.5) is 5.69 Å². The van der Waals surface area contributed by atoms with Gasteiger partial charge in [-0.25, -0.2) is 8.42 Å². The highest BCUT2D eigenvalue weighted by atomic mass is 32.2. The largest absolute Gasteiger partial charge is 0.487 e. The quantitative estimate of drug-likeness (QED) is 0.814. The Kier molecular flexibility index (Phi) is 2.92. The van der Waals surface area contributed by atoms with Gasteiger partial charge in [0.05, 0.1) is 12.6 Å². The summed E-state index contributed by atoms with van der Waals surface area (Å²) in [6.07, 6.45) is 1.12. The normalized spacial score (nSPS) is 33.4. The second-order valence-electron chi connectivity index (χ2n) is 5.91. The SMILES string of the molecule is O=S1(=O)c2ccc(N3CC[C@H](O)C3)cc2O[C@H]2CCN1C2. The van der Waals surface area contributed by atoms with Crippen LogP contribution in [0.1, 0.15) is 12.8 Å². The van der Waals surface area contributed by atoms with Crippen LogP contribution in [-0.4, -0.2) is 56.2 Å². The average molecular weight is 310 g/mol. The zero-order valence-corrected chi connectivity index (χ0v) is 12.4. The molecular formula is C14H18N2O4S. The molecule has 3 aliphatic heterocycles. The number of β-amino-alcohol motifs (C(OH)–C–C–N with tert-alkyl or cyclic N) is 1. The topological polar surface area (TPSA) is 70.1 Å². The standard InChI is InChI=1S/C14H18N2O4S/c17-11-3-5-15(8-11)10-1-2-14-13(7-10)20-12-4-6-16(9-12)21(14,18)19/h1-2,7,11-12,17H,3-6,8-9H2/t11-,12-/m0/s1. The first-order chi connectivity index (χ1) is 10.0. The van der Waals surface area contributed by atoms with Gasteiger partial charge in [-0.1, -0.05) is 0 Å². The van der Waals surface area contributed by atoms with Crippen LogP contribution in [-0.2, 0) is 10.0 Å². The van der Waals surface area contributed by atoms with Gasteiger partial charge in [-0.3, -0.25) is 0 Å². The van der Waals surface area contributed by atoms with Crippen molar-refractivity contribution in [2.45, 2.75) is 29.9 Å². The molecule has 3 heterocycles. The smallest absolute Gasteiger partial charge is 0.246 e. The number of benzene rings is 1. The van der Waals surface area contributed by atoms with E-state index in [-0.39, 0.29) is 17.1 Å². The van der Waals surface area contributed by atoms with E-state index in [0.29, 0.717) is 25.4 Å². The third-order valence-corrected chi connectivity index (χ3v) is 6.38. The Morgan fingerprint density at radius 3 is 2.81 bits per heavy atom. The van der Waals surface area contributed by atoms with Crippen LogP contribution in [0.3, 0.4) is 0 Å². The lowest BCUT2D eigenvalue weighted by atomic mass is 10.2. The summed E-state index contributed by atoms with van der Waals surface area (Å²) < 4.78 is 32.5. The van der Waals surface area contributed by atoms with Crippen LogP contribution in [0.5, 0.6) is 5.75 Å². The summed E-state index contributed by atoms with van der Waals surface area (Å²) in [6.45, 7) is 2.34. The highest BCUT2D eigenvalue weighted by Gasteiger charge is 2.39. The Morgan fingerprint density at radius 1 is 1.19 bits per heavy atom. The van der Waals surface area contributed by atoms with Crippen LogP contribution in [0.15, 0.2) is 23.1 Å². The molecule has 3 aliphatic rings. The molecule has 4 rings (SSSR count). The van der Waals surface area contributed by atoms with Crippen molar-refractivity contribution in [1.29, 1.82) is 0 Å². The zero-order chi connectivity index (χ0) is 14.6. The first-order valence-electron chi connectivity index (χ1n) is 7.28. The molecule has 2 fully saturated rings. The Hall–Kier alpha value is -1.31. The minimum atomic E-state index is -3.44. The van der Waals surface area contributed by atoms with Gasteiger partial charge in [0.25, 0.3) is 0 Å². The number of sulfonamides is 1. The van der Waals surface area contributed by atoms with Gasteiger partial charge < -0.3 is 14.7 Å². The van der Waals surface area contributed by atoms with Gasteiger partial charge in [-0.15, -0.1) is 0 Å². The number of hydrogen-bond acceptors (Lipinski definition) is 5. The molecule has 114 valence electrons. The predicted octanol–water partition coefficient (Wildman–Crippen LogP) is 0.413. The maximum Gasteiger partial charge on any atom is 0.246 e. The molecule has 0 saturated carbocycles. The van der Waals surface area contributed by atoms with Gasteiger partial charge in [-0.2, -0.15) is 4.31 Å². The van der Waals surface area contributed by atoms with E-state index in [1.807, 2.05) is 0 Å². The lowest BCUT2D eigenvalue weighted by molar-refractivity contribution is 0.198. The number of ether oxygens (including phenoxy) is 1. The summed E-state index contributed by atoms with van der Waals surface area (Å²) in [5.41, 5.74) is 0.910. The van der Waals surface area contributed by atoms with Crippen molar-refractivity contribution >= 4 is 15.7 Å². The lowest BCUT2D eigenvalue weighted by Crippen LogP contribution is -2.28. The number of aliphatic hydroxyl groups excluding tert-OH is 1. The summed E-state index contributed by atoms with van der Waals surface area (Å²) in [5, 5.41) is 9.64. The van der Waals surface area contributed by atoms with E-state index in [4.69, 9.17) is 4.74 Å². The van der Waals surface area contributed by atoms with Crippen LogP contribution in [0.2, 0.25) is 0 Å². The van der Waals surface area contributed by atoms with Gasteiger partial charge in [0.1, 0.15) is 16.7 Å². The molecule has 0 spiro atoms. The molecule has 21 heavy (non-hydrogen) atoms. The maximum atomic E-state index is 12.6. The Labute approximate surface area is 124 Å². The van der Waals surface area contributed by atoms with E-state index in [1.54, 1.807) is 18.2 Å². The fraction of sp³-hybridized carbons (Fsp3) is 0.571. The molecule has 0 radical (unpaired) electrons. The summed E-state index contributed by atoms with van der Waals surface area (Å²) in [7, 11) is -3.44.